The van der Waals surface area contributed by atoms with Gasteiger partial charge in [0, 0.05) is 17.8 Å². The molecule has 0 saturated carbocycles. The summed E-state index contributed by atoms with van der Waals surface area (Å²) in [6.07, 6.45) is 0.925. The number of allylic oxidation sites excluding steroid dienone is 1. The second-order valence-electron chi connectivity index (χ2n) is 7.24. The Kier molecular flexibility index (Phi) is 5.99. The highest BCUT2D eigenvalue weighted by Gasteiger charge is 2.33. The Labute approximate surface area is 185 Å². The van der Waals surface area contributed by atoms with Gasteiger partial charge < -0.3 is 19.5 Å². The highest BCUT2D eigenvalue weighted by atomic mass is 32.1. The third-order valence-electron chi connectivity index (χ3n) is 5.25. The third-order valence-corrected chi connectivity index (χ3v) is 5.59. The van der Waals surface area contributed by atoms with E-state index in [2.05, 4.69) is 22.4 Å². The summed E-state index contributed by atoms with van der Waals surface area (Å²) in [5, 5.41) is 8.16. The van der Waals surface area contributed by atoms with E-state index >= 15 is 0 Å². The van der Waals surface area contributed by atoms with E-state index in [-0.39, 0.29) is 11.9 Å². The lowest BCUT2D eigenvalue weighted by Gasteiger charge is -2.37. The lowest BCUT2D eigenvalue weighted by Crippen LogP contribution is -2.46. The standard InChI is InChI=1S/C23H23FN4O2S/c1-4-13-28-14(2)19(20(25-23(28)31)15-5-9-17(24)10-6-15)22-26-21(27-30-22)16-7-11-18(29-3)12-8-16/h5-12,20H,4,13H2,1-3H3,(H,25,31). The smallest absolute Gasteiger partial charge is 0.258 e. The number of nitrogens with zero attached hydrogens (tertiary/aromatic N) is 3. The molecule has 1 unspecified atom stereocenters. The zero-order valence-corrected chi connectivity index (χ0v) is 18.4. The molecule has 4 rings (SSSR count). The van der Waals surface area contributed by atoms with Crippen molar-refractivity contribution >= 4 is 22.9 Å². The number of methoxy groups -OCH3 is 1. The Bertz CT molecular complexity index is 1110. The van der Waals surface area contributed by atoms with Gasteiger partial charge in [-0.3, -0.25) is 0 Å². The lowest BCUT2D eigenvalue weighted by molar-refractivity contribution is 0.396. The number of thiocarbonyl (C=S) groups is 1. The zero-order valence-electron chi connectivity index (χ0n) is 17.6. The molecule has 0 fully saturated rings. The van der Waals surface area contributed by atoms with E-state index in [9.17, 15) is 4.39 Å². The maximum atomic E-state index is 13.5. The maximum absolute atomic E-state index is 13.5. The summed E-state index contributed by atoms with van der Waals surface area (Å²) in [6, 6.07) is 13.5. The summed E-state index contributed by atoms with van der Waals surface area (Å²) in [7, 11) is 1.62. The Hall–Kier alpha value is -3.26. The number of hydrogen-bond donors (Lipinski definition) is 1. The van der Waals surface area contributed by atoms with Crippen LogP contribution in [-0.2, 0) is 0 Å². The largest absolute Gasteiger partial charge is 0.497 e. The molecule has 0 bridgehead atoms. The van der Waals surface area contributed by atoms with E-state index in [1.807, 2.05) is 36.1 Å². The molecule has 2 heterocycles. The summed E-state index contributed by atoms with van der Waals surface area (Å²) in [4.78, 5) is 6.69. The van der Waals surface area contributed by atoms with E-state index in [1.54, 1.807) is 19.2 Å². The van der Waals surface area contributed by atoms with Crippen molar-refractivity contribution in [2.24, 2.45) is 0 Å². The van der Waals surface area contributed by atoms with Crippen LogP contribution < -0.4 is 10.1 Å². The lowest BCUT2D eigenvalue weighted by atomic mass is 9.94. The molecule has 0 saturated heterocycles. The minimum absolute atomic E-state index is 0.295. The van der Waals surface area contributed by atoms with Gasteiger partial charge in [0.1, 0.15) is 11.6 Å². The van der Waals surface area contributed by atoms with Crippen LogP contribution >= 0.6 is 12.2 Å². The van der Waals surface area contributed by atoms with Crippen LogP contribution in [-0.4, -0.2) is 33.8 Å². The van der Waals surface area contributed by atoms with Crippen LogP contribution in [0.25, 0.3) is 17.0 Å². The highest BCUT2D eigenvalue weighted by Crippen LogP contribution is 2.37. The summed E-state index contributed by atoms with van der Waals surface area (Å²) >= 11 is 5.61. The minimum Gasteiger partial charge on any atom is -0.497 e. The monoisotopic (exact) mass is 438 g/mol. The first kappa shape index (κ1) is 21.0. The minimum atomic E-state index is -0.328. The van der Waals surface area contributed by atoms with Crippen molar-refractivity contribution in [1.82, 2.24) is 20.4 Å². The van der Waals surface area contributed by atoms with Gasteiger partial charge in [-0.1, -0.05) is 24.2 Å². The molecule has 0 aliphatic carbocycles. The Morgan fingerprint density at radius 3 is 2.52 bits per heavy atom. The van der Waals surface area contributed by atoms with Crippen LogP contribution in [0.3, 0.4) is 0 Å². The van der Waals surface area contributed by atoms with E-state index in [1.165, 1.54) is 12.1 Å². The van der Waals surface area contributed by atoms with Crippen molar-refractivity contribution in [3.05, 3.63) is 71.5 Å². The predicted molar refractivity (Wildman–Crippen MR) is 121 cm³/mol. The highest BCUT2D eigenvalue weighted by molar-refractivity contribution is 7.80. The number of aromatic nitrogens is 2. The molecule has 6 nitrogen and oxygen atoms in total. The van der Waals surface area contributed by atoms with Crippen LogP contribution in [0.2, 0.25) is 0 Å². The Balaban J connectivity index is 1.78. The van der Waals surface area contributed by atoms with Crippen molar-refractivity contribution in [1.29, 1.82) is 0 Å². The van der Waals surface area contributed by atoms with E-state index in [0.29, 0.717) is 16.8 Å². The van der Waals surface area contributed by atoms with Crippen molar-refractivity contribution in [3.63, 3.8) is 0 Å². The number of halogens is 1. The second kappa shape index (κ2) is 8.85. The molecule has 1 aliphatic rings. The average molecular weight is 439 g/mol. The normalized spacial score (nSPS) is 16.5. The fourth-order valence-corrected chi connectivity index (χ4v) is 3.99. The molecule has 0 spiro atoms. The van der Waals surface area contributed by atoms with Gasteiger partial charge in [0.05, 0.1) is 18.7 Å². The van der Waals surface area contributed by atoms with Crippen LogP contribution in [0.5, 0.6) is 5.75 Å². The fourth-order valence-electron chi connectivity index (χ4n) is 3.65. The molecule has 1 N–H and O–H groups in total. The van der Waals surface area contributed by atoms with Gasteiger partial charge in [0.2, 0.25) is 5.82 Å². The first-order valence-corrected chi connectivity index (χ1v) is 10.5. The van der Waals surface area contributed by atoms with Crippen LogP contribution in [0.1, 0.15) is 37.8 Å². The number of rotatable bonds is 6. The summed E-state index contributed by atoms with van der Waals surface area (Å²) in [5.41, 5.74) is 3.43. The number of ether oxygens (including phenoxy) is 1. The quantitative estimate of drug-likeness (QED) is 0.546. The molecule has 2 aromatic carbocycles. The molecular weight excluding hydrogens is 415 g/mol. The van der Waals surface area contributed by atoms with Gasteiger partial charge in [0.25, 0.3) is 5.89 Å². The molecule has 31 heavy (non-hydrogen) atoms. The van der Waals surface area contributed by atoms with Gasteiger partial charge >= 0.3 is 0 Å². The summed E-state index contributed by atoms with van der Waals surface area (Å²) < 4.78 is 24.4. The van der Waals surface area contributed by atoms with E-state index in [0.717, 1.165) is 41.1 Å². The van der Waals surface area contributed by atoms with Gasteiger partial charge in [-0.2, -0.15) is 4.98 Å². The number of hydrogen-bond acceptors (Lipinski definition) is 5. The SMILES string of the molecule is CCCN1C(=S)NC(c2ccc(F)cc2)C(c2nc(-c3ccc(OC)cc3)no2)=C1C. The first-order chi connectivity index (χ1) is 15.0. The predicted octanol–water partition coefficient (Wildman–Crippen LogP) is 4.96. The molecule has 1 aliphatic heterocycles. The van der Waals surface area contributed by atoms with Crippen molar-refractivity contribution in [2.45, 2.75) is 26.3 Å². The van der Waals surface area contributed by atoms with Gasteiger partial charge in [-0.05, 0) is 67.5 Å². The second-order valence-corrected chi connectivity index (χ2v) is 7.62. The molecule has 8 heteroatoms. The van der Waals surface area contributed by atoms with Gasteiger partial charge in [-0.25, -0.2) is 4.39 Å². The van der Waals surface area contributed by atoms with Crippen molar-refractivity contribution in [2.75, 3.05) is 13.7 Å². The Morgan fingerprint density at radius 2 is 1.87 bits per heavy atom. The van der Waals surface area contributed by atoms with Crippen molar-refractivity contribution < 1.29 is 13.7 Å². The fraction of sp³-hybridized carbons (Fsp3) is 0.261. The number of benzene rings is 2. The van der Waals surface area contributed by atoms with Crippen LogP contribution in [0, 0.1) is 5.82 Å². The Morgan fingerprint density at radius 1 is 1.16 bits per heavy atom. The number of nitrogens with one attached hydrogen (secondary N) is 1. The average Bonchev–Trinajstić information content (AvgIpc) is 3.26. The first-order valence-electron chi connectivity index (χ1n) is 10.0. The van der Waals surface area contributed by atoms with E-state index in [4.69, 9.17) is 21.5 Å². The van der Waals surface area contributed by atoms with Crippen molar-refractivity contribution in [3.8, 4) is 17.1 Å². The van der Waals surface area contributed by atoms with Gasteiger partial charge in [-0.15, -0.1) is 0 Å². The maximum Gasteiger partial charge on any atom is 0.258 e. The third kappa shape index (κ3) is 4.16. The molecule has 0 radical (unpaired) electrons. The van der Waals surface area contributed by atoms with Gasteiger partial charge in [0.15, 0.2) is 5.11 Å². The van der Waals surface area contributed by atoms with Crippen LogP contribution in [0.15, 0.2) is 58.8 Å². The molecule has 1 atom stereocenters. The molecule has 0 amide bonds. The molecular formula is C23H23FN4O2S. The molecule has 160 valence electrons. The van der Waals surface area contributed by atoms with Crippen LogP contribution in [0.4, 0.5) is 4.39 Å². The molecule has 3 aromatic rings. The topological polar surface area (TPSA) is 63.4 Å². The molecule has 1 aromatic heterocycles. The summed E-state index contributed by atoms with van der Waals surface area (Å²) in [6.45, 7) is 4.85. The summed E-state index contributed by atoms with van der Waals surface area (Å²) in [5.74, 6) is 1.33. The van der Waals surface area contributed by atoms with E-state index < -0.39 is 0 Å². The zero-order chi connectivity index (χ0) is 22.0.